The molecule has 3 aromatic rings. The van der Waals surface area contributed by atoms with Gasteiger partial charge in [0.15, 0.2) is 16.3 Å². The van der Waals surface area contributed by atoms with Gasteiger partial charge in [0.25, 0.3) is 5.91 Å². The molecule has 0 saturated carbocycles. The second-order valence-corrected chi connectivity index (χ2v) is 12.6. The van der Waals surface area contributed by atoms with Gasteiger partial charge in [-0.1, -0.05) is 29.0 Å². The van der Waals surface area contributed by atoms with E-state index >= 15 is 0 Å². The molecule has 1 amide bonds. The second-order valence-electron chi connectivity index (χ2n) is 8.64. The number of hydrogen-bond acceptors (Lipinski definition) is 7. The van der Waals surface area contributed by atoms with Crippen LogP contribution in [0.1, 0.15) is 18.4 Å². The Kier molecular flexibility index (Phi) is 6.93. The summed E-state index contributed by atoms with van der Waals surface area (Å²) in [4.78, 5) is 18.6. The number of nitrogens with zero attached hydrogens (tertiary/aromatic N) is 3. The van der Waals surface area contributed by atoms with Gasteiger partial charge in [-0.25, -0.2) is 8.42 Å². The lowest BCUT2D eigenvalue weighted by atomic mass is 9.98. The van der Waals surface area contributed by atoms with Crippen LogP contribution in [0.5, 0.6) is 11.5 Å². The van der Waals surface area contributed by atoms with Crippen LogP contribution >= 0.6 is 23.1 Å². The van der Waals surface area contributed by atoms with Crippen LogP contribution in [-0.4, -0.2) is 55.1 Å². The third kappa shape index (κ3) is 4.87. The van der Waals surface area contributed by atoms with Crippen LogP contribution in [0.15, 0.2) is 46.3 Å². The predicted octanol–water partition coefficient (Wildman–Crippen LogP) is 3.63. The van der Waals surface area contributed by atoms with E-state index in [9.17, 15) is 13.2 Å². The van der Waals surface area contributed by atoms with E-state index in [2.05, 4.69) is 9.56 Å². The Morgan fingerprint density at radius 1 is 1.14 bits per heavy atom. The molecule has 0 N–H and O–H groups in total. The SMILES string of the molecule is CSCCn1c(=NC(=O)C2CCN(S(=O)(=O)c3ccc(C)cc3)CC2)sc2cc3c(cc21)OCO3. The molecule has 2 aromatic carbocycles. The van der Waals surface area contributed by atoms with Gasteiger partial charge in [-0.2, -0.15) is 21.1 Å². The van der Waals surface area contributed by atoms with E-state index in [-0.39, 0.29) is 23.5 Å². The molecule has 1 fully saturated rings. The van der Waals surface area contributed by atoms with Crippen molar-refractivity contribution in [3.8, 4) is 11.5 Å². The molecule has 0 aliphatic carbocycles. The maximum absolute atomic E-state index is 13.1. The molecule has 0 unspecified atom stereocenters. The average Bonchev–Trinajstić information content (AvgIpc) is 3.44. The minimum Gasteiger partial charge on any atom is -0.454 e. The normalized spacial score (nSPS) is 17.4. The number of hydrogen-bond donors (Lipinski definition) is 0. The molecule has 1 aromatic heterocycles. The standard InChI is InChI=1S/C24H27N3O5S3/c1-16-3-5-18(6-4-16)35(29,30)26-9-7-17(8-10-26)23(28)25-24-27(11-12-33-2)19-13-20-21(32-15-31-20)14-22(19)34-24/h3-6,13-14,17H,7-12,15H2,1-2H3. The zero-order chi connectivity index (χ0) is 24.6. The number of thioether (sulfide) groups is 1. The fraction of sp³-hybridized carbons (Fsp3) is 0.417. The summed E-state index contributed by atoms with van der Waals surface area (Å²) in [5, 5.41) is 0. The van der Waals surface area contributed by atoms with Crippen molar-refractivity contribution in [1.29, 1.82) is 0 Å². The highest BCUT2D eigenvalue weighted by Crippen LogP contribution is 2.37. The number of carbonyl (C=O) groups excluding carboxylic acids is 1. The maximum Gasteiger partial charge on any atom is 0.251 e. The van der Waals surface area contributed by atoms with Gasteiger partial charge in [-0.05, 0) is 38.2 Å². The van der Waals surface area contributed by atoms with Crippen LogP contribution < -0.4 is 14.3 Å². The summed E-state index contributed by atoms with van der Waals surface area (Å²) in [6, 6.07) is 10.8. The molecule has 3 heterocycles. The largest absolute Gasteiger partial charge is 0.454 e. The van der Waals surface area contributed by atoms with Crippen molar-refractivity contribution in [3.05, 3.63) is 46.8 Å². The van der Waals surface area contributed by atoms with E-state index in [1.807, 2.05) is 25.3 Å². The Labute approximate surface area is 212 Å². The zero-order valence-electron chi connectivity index (χ0n) is 19.6. The lowest BCUT2D eigenvalue weighted by molar-refractivity contribution is -0.122. The average molecular weight is 534 g/mol. The van der Waals surface area contributed by atoms with Crippen molar-refractivity contribution in [3.63, 3.8) is 0 Å². The van der Waals surface area contributed by atoms with Crippen molar-refractivity contribution >= 4 is 49.2 Å². The van der Waals surface area contributed by atoms with Gasteiger partial charge in [-0.15, -0.1) is 0 Å². The predicted molar refractivity (Wildman–Crippen MR) is 138 cm³/mol. The third-order valence-corrected chi connectivity index (χ3v) is 9.91. The summed E-state index contributed by atoms with van der Waals surface area (Å²) >= 11 is 3.19. The molecule has 0 atom stereocenters. The number of thiazole rings is 1. The summed E-state index contributed by atoms with van der Waals surface area (Å²) in [6.07, 6.45) is 2.96. The van der Waals surface area contributed by atoms with Gasteiger partial charge in [-0.3, -0.25) is 4.79 Å². The Morgan fingerprint density at radius 3 is 2.51 bits per heavy atom. The van der Waals surface area contributed by atoms with E-state index in [4.69, 9.17) is 9.47 Å². The smallest absolute Gasteiger partial charge is 0.251 e. The Hall–Kier alpha value is -2.34. The minimum absolute atomic E-state index is 0.193. The molecule has 11 heteroatoms. The van der Waals surface area contributed by atoms with Crippen LogP contribution in [0.25, 0.3) is 10.2 Å². The number of carbonyl (C=O) groups is 1. The lowest BCUT2D eigenvalue weighted by Crippen LogP contribution is -2.40. The summed E-state index contributed by atoms with van der Waals surface area (Å²) in [5.41, 5.74) is 1.98. The minimum atomic E-state index is -3.56. The number of sulfonamides is 1. The Morgan fingerprint density at radius 2 is 1.83 bits per heavy atom. The topological polar surface area (TPSA) is 90.2 Å². The first-order chi connectivity index (χ1) is 16.9. The van der Waals surface area contributed by atoms with Crippen molar-refractivity contribution < 1.29 is 22.7 Å². The van der Waals surface area contributed by atoms with Gasteiger partial charge in [0.1, 0.15) is 0 Å². The molecule has 8 nitrogen and oxygen atoms in total. The summed E-state index contributed by atoms with van der Waals surface area (Å²) in [6.45, 7) is 3.48. The number of rotatable bonds is 6. The highest BCUT2D eigenvalue weighted by atomic mass is 32.2. The van der Waals surface area contributed by atoms with E-state index in [1.165, 1.54) is 15.6 Å². The lowest BCUT2D eigenvalue weighted by Gasteiger charge is -2.29. The van der Waals surface area contributed by atoms with Crippen LogP contribution in [-0.2, 0) is 21.4 Å². The fourth-order valence-corrected chi connectivity index (χ4v) is 7.24. The van der Waals surface area contributed by atoms with E-state index in [0.29, 0.717) is 42.2 Å². The van der Waals surface area contributed by atoms with Crippen molar-refractivity contribution in [2.24, 2.45) is 10.9 Å². The summed E-state index contributed by atoms with van der Waals surface area (Å²) in [5.74, 6) is 1.80. The molecular weight excluding hydrogens is 506 g/mol. The highest BCUT2D eigenvalue weighted by molar-refractivity contribution is 7.98. The van der Waals surface area contributed by atoms with Gasteiger partial charge in [0.2, 0.25) is 16.8 Å². The highest BCUT2D eigenvalue weighted by Gasteiger charge is 2.32. The maximum atomic E-state index is 13.1. The van der Waals surface area contributed by atoms with Crippen molar-refractivity contribution in [2.45, 2.75) is 31.2 Å². The quantitative estimate of drug-likeness (QED) is 0.481. The molecular formula is C24H27N3O5S3. The first-order valence-electron chi connectivity index (χ1n) is 11.4. The van der Waals surface area contributed by atoms with Crippen LogP contribution in [0.3, 0.4) is 0 Å². The first kappa shape index (κ1) is 24.4. The summed E-state index contributed by atoms with van der Waals surface area (Å²) in [7, 11) is -3.56. The number of amides is 1. The van der Waals surface area contributed by atoms with E-state index in [1.54, 1.807) is 36.0 Å². The molecule has 2 aliphatic rings. The van der Waals surface area contributed by atoms with Gasteiger partial charge >= 0.3 is 0 Å². The monoisotopic (exact) mass is 533 g/mol. The number of ether oxygens (including phenoxy) is 2. The van der Waals surface area contributed by atoms with Crippen LogP contribution in [0.2, 0.25) is 0 Å². The van der Waals surface area contributed by atoms with Gasteiger partial charge < -0.3 is 14.0 Å². The van der Waals surface area contributed by atoms with Crippen LogP contribution in [0, 0.1) is 12.8 Å². The Bertz CT molecular complexity index is 1420. The number of fused-ring (bicyclic) bond motifs is 2. The number of benzene rings is 2. The molecule has 35 heavy (non-hydrogen) atoms. The molecule has 1 saturated heterocycles. The van der Waals surface area contributed by atoms with E-state index < -0.39 is 10.0 Å². The van der Waals surface area contributed by atoms with Gasteiger partial charge in [0, 0.05) is 43.4 Å². The van der Waals surface area contributed by atoms with E-state index in [0.717, 1.165) is 28.1 Å². The number of aryl methyl sites for hydroxylation is 2. The van der Waals surface area contributed by atoms with Crippen LogP contribution in [0.4, 0.5) is 0 Å². The third-order valence-electron chi connectivity index (χ3n) is 6.36. The molecule has 186 valence electrons. The first-order valence-corrected chi connectivity index (χ1v) is 15.1. The van der Waals surface area contributed by atoms with Crippen molar-refractivity contribution in [1.82, 2.24) is 8.87 Å². The summed E-state index contributed by atoms with van der Waals surface area (Å²) < 4.78 is 41.5. The molecule has 0 radical (unpaired) electrons. The molecule has 5 rings (SSSR count). The van der Waals surface area contributed by atoms with Gasteiger partial charge in [0.05, 0.1) is 15.1 Å². The zero-order valence-corrected chi connectivity index (χ0v) is 22.0. The van der Waals surface area contributed by atoms with Crippen molar-refractivity contribution in [2.75, 3.05) is 31.9 Å². The second kappa shape index (κ2) is 9.96. The Balaban J connectivity index is 1.36. The molecule has 0 bridgehead atoms. The molecule has 2 aliphatic heterocycles. The fourth-order valence-electron chi connectivity index (χ4n) is 4.33. The number of piperidine rings is 1. The number of aromatic nitrogens is 1. The molecule has 0 spiro atoms.